The van der Waals surface area contributed by atoms with E-state index in [1.807, 2.05) is 17.0 Å². The lowest BCUT2D eigenvalue weighted by Gasteiger charge is -2.33. The third kappa shape index (κ3) is 5.05. The van der Waals surface area contributed by atoms with Crippen molar-refractivity contribution in [3.05, 3.63) is 52.5 Å². The second-order valence-electron chi connectivity index (χ2n) is 6.32. The van der Waals surface area contributed by atoms with Gasteiger partial charge in [0.2, 0.25) is 5.91 Å². The molecule has 1 aromatic heterocycles. The van der Waals surface area contributed by atoms with Gasteiger partial charge < -0.3 is 14.5 Å². The van der Waals surface area contributed by atoms with E-state index in [9.17, 15) is 14.9 Å². The van der Waals surface area contributed by atoms with Crippen molar-refractivity contribution in [2.24, 2.45) is 0 Å². The van der Waals surface area contributed by atoms with E-state index in [2.05, 4.69) is 10.2 Å². The van der Waals surface area contributed by atoms with Gasteiger partial charge in [-0.3, -0.25) is 24.7 Å². The van der Waals surface area contributed by atoms with Crippen LogP contribution < -0.4 is 10.1 Å². The minimum Gasteiger partial charge on any atom is -0.496 e. The number of benzene rings is 1. The molecule has 0 radical (unpaired) electrons. The van der Waals surface area contributed by atoms with Crippen LogP contribution in [0, 0.1) is 10.1 Å². The highest BCUT2D eigenvalue weighted by molar-refractivity contribution is 5.94. The number of nitrogens with one attached hydrogen (secondary N) is 1. The predicted molar refractivity (Wildman–Crippen MR) is 98.7 cm³/mol. The van der Waals surface area contributed by atoms with Crippen molar-refractivity contribution in [3.8, 4) is 5.75 Å². The Morgan fingerprint density at radius 1 is 1.26 bits per heavy atom. The Hall–Kier alpha value is -2.91. The van der Waals surface area contributed by atoms with Crippen molar-refractivity contribution >= 4 is 17.3 Å². The molecule has 1 N–H and O–H groups in total. The van der Waals surface area contributed by atoms with Gasteiger partial charge in [0, 0.05) is 26.2 Å². The summed E-state index contributed by atoms with van der Waals surface area (Å²) in [6.07, 6.45) is 1.66. The lowest BCUT2D eigenvalue weighted by molar-refractivity contribution is -0.384. The summed E-state index contributed by atoms with van der Waals surface area (Å²) in [6, 6.07) is 8.17. The smallest absolute Gasteiger partial charge is 0.296 e. The molecular weight excluding hydrogens is 352 g/mol. The number of carbonyl (C=O) groups excluding carboxylic acids is 1. The molecule has 0 spiro atoms. The largest absolute Gasteiger partial charge is 0.496 e. The van der Waals surface area contributed by atoms with E-state index >= 15 is 0 Å². The Labute approximate surface area is 156 Å². The Kier molecular flexibility index (Phi) is 6.05. The highest BCUT2D eigenvalue weighted by Crippen LogP contribution is 2.28. The van der Waals surface area contributed by atoms with Crippen LogP contribution in [0.3, 0.4) is 0 Å². The molecule has 0 saturated carbocycles. The van der Waals surface area contributed by atoms with E-state index in [4.69, 9.17) is 9.15 Å². The Morgan fingerprint density at radius 2 is 2.00 bits per heavy atom. The van der Waals surface area contributed by atoms with Crippen molar-refractivity contribution < 1.29 is 18.9 Å². The fraction of sp³-hybridized carbons (Fsp3) is 0.389. The molecule has 0 bridgehead atoms. The summed E-state index contributed by atoms with van der Waals surface area (Å²) in [7, 11) is 1.43. The molecule has 1 saturated heterocycles. The topological polar surface area (TPSA) is 101 Å². The molecule has 9 heteroatoms. The monoisotopic (exact) mass is 374 g/mol. The minimum atomic E-state index is -0.536. The maximum Gasteiger partial charge on any atom is 0.296 e. The average molecular weight is 374 g/mol. The Balaban J connectivity index is 1.51. The number of anilines is 1. The summed E-state index contributed by atoms with van der Waals surface area (Å²) < 4.78 is 10.4. The fourth-order valence-corrected chi connectivity index (χ4v) is 3.02. The van der Waals surface area contributed by atoms with E-state index in [-0.39, 0.29) is 23.8 Å². The first-order valence-corrected chi connectivity index (χ1v) is 8.64. The fourth-order valence-electron chi connectivity index (χ4n) is 3.02. The molecule has 1 fully saturated rings. The number of nitro benzene ring substituents is 1. The molecule has 2 heterocycles. The molecule has 3 rings (SSSR count). The van der Waals surface area contributed by atoms with Crippen LogP contribution in [0.25, 0.3) is 0 Å². The lowest BCUT2D eigenvalue weighted by Crippen LogP contribution is -2.48. The minimum absolute atomic E-state index is 0.169. The Morgan fingerprint density at radius 3 is 2.63 bits per heavy atom. The molecule has 0 atom stereocenters. The number of piperazine rings is 1. The van der Waals surface area contributed by atoms with E-state index in [1.54, 1.807) is 12.3 Å². The number of carbonyl (C=O) groups is 1. The predicted octanol–water partition coefficient (Wildman–Crippen LogP) is 1.95. The number of methoxy groups -OCH3 is 1. The van der Waals surface area contributed by atoms with Gasteiger partial charge in [-0.2, -0.15) is 0 Å². The van der Waals surface area contributed by atoms with Gasteiger partial charge in [-0.15, -0.1) is 0 Å². The number of furan rings is 1. The molecule has 0 unspecified atom stereocenters. The molecule has 1 aliphatic heterocycles. The van der Waals surface area contributed by atoms with Gasteiger partial charge in [-0.25, -0.2) is 0 Å². The van der Waals surface area contributed by atoms with E-state index in [0.717, 1.165) is 38.5 Å². The normalized spacial score (nSPS) is 15.4. The first-order chi connectivity index (χ1) is 13.0. The van der Waals surface area contributed by atoms with E-state index < -0.39 is 4.92 Å². The number of rotatable bonds is 7. The number of nitrogens with zero attached hydrogens (tertiary/aromatic N) is 3. The van der Waals surface area contributed by atoms with Crippen LogP contribution >= 0.6 is 0 Å². The zero-order valence-electron chi connectivity index (χ0n) is 15.1. The van der Waals surface area contributed by atoms with Crippen molar-refractivity contribution in [3.63, 3.8) is 0 Å². The number of hydrogen-bond acceptors (Lipinski definition) is 7. The van der Waals surface area contributed by atoms with Crippen LogP contribution in [-0.2, 0) is 11.3 Å². The van der Waals surface area contributed by atoms with Crippen LogP contribution in [0.2, 0.25) is 0 Å². The number of ether oxygens (including phenoxy) is 1. The van der Waals surface area contributed by atoms with Crippen LogP contribution in [0.4, 0.5) is 11.4 Å². The summed E-state index contributed by atoms with van der Waals surface area (Å²) >= 11 is 0. The molecule has 1 aromatic carbocycles. The summed E-state index contributed by atoms with van der Waals surface area (Å²) in [5.74, 6) is 1.02. The summed E-state index contributed by atoms with van der Waals surface area (Å²) in [5, 5.41) is 13.8. The van der Waals surface area contributed by atoms with Gasteiger partial charge in [-0.05, 0) is 24.3 Å². The van der Waals surface area contributed by atoms with Gasteiger partial charge in [0.1, 0.15) is 17.2 Å². The van der Waals surface area contributed by atoms with Crippen molar-refractivity contribution in [2.75, 3.05) is 45.2 Å². The number of hydrogen-bond donors (Lipinski definition) is 1. The lowest BCUT2D eigenvalue weighted by atomic mass is 10.2. The van der Waals surface area contributed by atoms with Crippen LogP contribution in [0.1, 0.15) is 5.76 Å². The standard InChI is InChI=1S/C18H22N4O5/c1-26-14-4-5-16(17(11-14)22(24)25)19-18(23)13-21-8-6-20(7-9-21)12-15-3-2-10-27-15/h2-5,10-11H,6-9,12-13H2,1H3,(H,19,23). The highest BCUT2D eigenvalue weighted by Gasteiger charge is 2.22. The molecule has 1 aliphatic rings. The molecule has 27 heavy (non-hydrogen) atoms. The molecule has 2 aromatic rings. The maximum atomic E-state index is 12.3. The van der Waals surface area contributed by atoms with Gasteiger partial charge in [0.05, 0.1) is 37.5 Å². The molecule has 1 amide bonds. The van der Waals surface area contributed by atoms with Crippen LogP contribution in [0.15, 0.2) is 41.0 Å². The molecule has 9 nitrogen and oxygen atoms in total. The second kappa shape index (κ2) is 8.65. The van der Waals surface area contributed by atoms with Gasteiger partial charge in [0.15, 0.2) is 0 Å². The maximum absolute atomic E-state index is 12.3. The third-order valence-electron chi connectivity index (χ3n) is 4.47. The van der Waals surface area contributed by atoms with Crippen LogP contribution in [-0.4, -0.2) is 60.5 Å². The van der Waals surface area contributed by atoms with E-state index in [0.29, 0.717) is 5.75 Å². The summed E-state index contributed by atoms with van der Waals surface area (Å²) in [5.41, 5.74) is -0.0202. The zero-order valence-corrected chi connectivity index (χ0v) is 15.1. The average Bonchev–Trinajstić information content (AvgIpc) is 3.16. The number of amides is 1. The third-order valence-corrected chi connectivity index (χ3v) is 4.47. The van der Waals surface area contributed by atoms with Gasteiger partial charge >= 0.3 is 0 Å². The SMILES string of the molecule is COc1ccc(NC(=O)CN2CCN(Cc3ccco3)CC2)c([N+](=O)[O-])c1. The van der Waals surface area contributed by atoms with Gasteiger partial charge in [0.25, 0.3) is 5.69 Å². The first kappa shape index (κ1) is 18.9. The highest BCUT2D eigenvalue weighted by atomic mass is 16.6. The van der Waals surface area contributed by atoms with Gasteiger partial charge in [-0.1, -0.05) is 0 Å². The molecular formula is C18H22N4O5. The van der Waals surface area contributed by atoms with Crippen molar-refractivity contribution in [1.82, 2.24) is 9.80 Å². The molecule has 0 aliphatic carbocycles. The quantitative estimate of drug-likeness (QED) is 0.584. The molecule has 144 valence electrons. The first-order valence-electron chi connectivity index (χ1n) is 8.64. The van der Waals surface area contributed by atoms with Crippen molar-refractivity contribution in [2.45, 2.75) is 6.54 Å². The van der Waals surface area contributed by atoms with E-state index in [1.165, 1.54) is 19.2 Å². The van der Waals surface area contributed by atoms with Crippen LogP contribution in [0.5, 0.6) is 5.75 Å². The number of nitro groups is 1. The summed E-state index contributed by atoms with van der Waals surface area (Å²) in [4.78, 5) is 27.3. The second-order valence-corrected chi connectivity index (χ2v) is 6.32. The summed E-state index contributed by atoms with van der Waals surface area (Å²) in [6.45, 7) is 4.11. The zero-order chi connectivity index (χ0) is 19.2. The van der Waals surface area contributed by atoms with Crippen molar-refractivity contribution in [1.29, 1.82) is 0 Å². The Bertz CT molecular complexity index is 785.